The molecule has 0 spiro atoms. The van der Waals surface area contributed by atoms with Crippen molar-refractivity contribution < 1.29 is 4.74 Å². The Morgan fingerprint density at radius 1 is 1.46 bits per heavy atom. The number of hydrogen-bond acceptors (Lipinski definition) is 4. The van der Waals surface area contributed by atoms with Crippen LogP contribution in [0.3, 0.4) is 0 Å². The third kappa shape index (κ3) is 2.81. The number of aromatic nitrogens is 1. The van der Waals surface area contributed by atoms with Gasteiger partial charge in [0.15, 0.2) is 0 Å². The highest BCUT2D eigenvalue weighted by Gasteiger charge is 2.02. The highest BCUT2D eigenvalue weighted by molar-refractivity contribution is 7.99. The first kappa shape index (κ1) is 10.2. The zero-order valence-corrected chi connectivity index (χ0v) is 8.73. The molecule has 3 nitrogen and oxygen atoms in total. The summed E-state index contributed by atoms with van der Waals surface area (Å²) < 4.78 is 5.27. The molecule has 0 aromatic carbocycles. The molecule has 13 heavy (non-hydrogen) atoms. The van der Waals surface area contributed by atoms with Crippen LogP contribution in [0.15, 0.2) is 17.2 Å². The van der Waals surface area contributed by atoms with Gasteiger partial charge in [0.25, 0.3) is 0 Å². The van der Waals surface area contributed by atoms with Crippen LogP contribution >= 0.6 is 11.8 Å². The van der Waals surface area contributed by atoms with Crippen LogP contribution in [0.2, 0.25) is 0 Å². The molecular formula is C9H14N2OS. The molecule has 1 rings (SSSR count). The molecule has 0 radical (unpaired) electrons. The van der Waals surface area contributed by atoms with E-state index in [1.54, 1.807) is 11.8 Å². The third-order valence-electron chi connectivity index (χ3n) is 1.44. The standard InChI is InChI=1S/C9H14N2OS/c1-3-12-9-7(10)5-6-8(11-9)13-4-2/h5-6H,3-4,10H2,1-2H3. The summed E-state index contributed by atoms with van der Waals surface area (Å²) in [6, 6.07) is 3.74. The van der Waals surface area contributed by atoms with Crippen LogP contribution in [0.25, 0.3) is 0 Å². The number of hydrogen-bond donors (Lipinski definition) is 1. The van der Waals surface area contributed by atoms with Crippen molar-refractivity contribution in [3.05, 3.63) is 12.1 Å². The fourth-order valence-corrected chi connectivity index (χ4v) is 1.52. The summed E-state index contributed by atoms with van der Waals surface area (Å²) in [6.07, 6.45) is 0. The van der Waals surface area contributed by atoms with E-state index < -0.39 is 0 Å². The number of nitrogens with zero attached hydrogens (tertiary/aromatic N) is 1. The van der Waals surface area contributed by atoms with Crippen LogP contribution in [0.5, 0.6) is 5.88 Å². The van der Waals surface area contributed by atoms with Gasteiger partial charge in [-0.15, -0.1) is 11.8 Å². The zero-order chi connectivity index (χ0) is 9.68. The van der Waals surface area contributed by atoms with E-state index in [0.717, 1.165) is 10.8 Å². The first-order chi connectivity index (χ1) is 6.27. The van der Waals surface area contributed by atoms with Gasteiger partial charge < -0.3 is 10.5 Å². The molecule has 0 fully saturated rings. The Kier molecular flexibility index (Phi) is 3.89. The van der Waals surface area contributed by atoms with Crippen molar-refractivity contribution in [2.75, 3.05) is 18.1 Å². The molecule has 0 amide bonds. The second-order valence-corrected chi connectivity index (χ2v) is 3.69. The first-order valence-electron chi connectivity index (χ1n) is 4.30. The minimum absolute atomic E-state index is 0.543. The minimum Gasteiger partial charge on any atom is -0.476 e. The Balaban J connectivity index is 2.83. The highest BCUT2D eigenvalue weighted by Crippen LogP contribution is 2.23. The molecule has 0 bridgehead atoms. The Bertz CT molecular complexity index is 278. The van der Waals surface area contributed by atoms with Gasteiger partial charge in [-0.2, -0.15) is 0 Å². The van der Waals surface area contributed by atoms with E-state index in [0.29, 0.717) is 18.2 Å². The number of nitrogen functional groups attached to an aromatic ring is 1. The topological polar surface area (TPSA) is 48.1 Å². The van der Waals surface area contributed by atoms with E-state index in [4.69, 9.17) is 10.5 Å². The summed E-state index contributed by atoms with van der Waals surface area (Å²) in [7, 11) is 0. The lowest BCUT2D eigenvalue weighted by Gasteiger charge is -2.06. The van der Waals surface area contributed by atoms with E-state index in [1.165, 1.54) is 0 Å². The largest absolute Gasteiger partial charge is 0.476 e. The van der Waals surface area contributed by atoms with Crippen molar-refractivity contribution in [3.8, 4) is 5.88 Å². The molecule has 72 valence electrons. The molecule has 0 aliphatic rings. The van der Waals surface area contributed by atoms with Gasteiger partial charge in [0.2, 0.25) is 5.88 Å². The van der Waals surface area contributed by atoms with E-state index in [-0.39, 0.29) is 0 Å². The van der Waals surface area contributed by atoms with Crippen LogP contribution in [-0.4, -0.2) is 17.3 Å². The van der Waals surface area contributed by atoms with Gasteiger partial charge in [-0.1, -0.05) is 6.92 Å². The molecule has 0 aliphatic heterocycles. The van der Waals surface area contributed by atoms with Crippen molar-refractivity contribution >= 4 is 17.4 Å². The summed E-state index contributed by atoms with van der Waals surface area (Å²) in [6.45, 7) is 4.60. The van der Waals surface area contributed by atoms with Crippen LogP contribution in [0, 0.1) is 0 Å². The number of ether oxygens (including phenoxy) is 1. The summed E-state index contributed by atoms with van der Waals surface area (Å²) in [5, 5.41) is 0.958. The third-order valence-corrected chi connectivity index (χ3v) is 2.25. The molecule has 1 aromatic heterocycles. The molecule has 2 N–H and O–H groups in total. The second-order valence-electron chi connectivity index (χ2n) is 2.41. The van der Waals surface area contributed by atoms with Gasteiger partial charge in [-0.05, 0) is 24.8 Å². The lowest BCUT2D eigenvalue weighted by Crippen LogP contribution is -1.99. The number of thioether (sulfide) groups is 1. The Labute approximate surface area is 82.7 Å². The molecule has 4 heteroatoms. The lowest BCUT2D eigenvalue weighted by molar-refractivity contribution is 0.326. The Hall–Kier alpha value is -0.900. The average Bonchev–Trinajstić information content (AvgIpc) is 2.12. The Morgan fingerprint density at radius 3 is 2.85 bits per heavy atom. The van der Waals surface area contributed by atoms with Crippen LogP contribution < -0.4 is 10.5 Å². The minimum atomic E-state index is 0.543. The summed E-state index contributed by atoms with van der Waals surface area (Å²) in [4.78, 5) is 4.27. The maximum Gasteiger partial charge on any atom is 0.238 e. The van der Waals surface area contributed by atoms with Crippen molar-refractivity contribution in [1.82, 2.24) is 4.98 Å². The van der Waals surface area contributed by atoms with Crippen molar-refractivity contribution in [2.45, 2.75) is 18.9 Å². The summed E-state index contributed by atoms with van der Waals surface area (Å²) >= 11 is 1.68. The molecule has 0 unspecified atom stereocenters. The van der Waals surface area contributed by atoms with Gasteiger partial charge in [0.05, 0.1) is 12.3 Å². The average molecular weight is 198 g/mol. The van der Waals surface area contributed by atoms with Gasteiger partial charge in [0.1, 0.15) is 5.03 Å². The quantitative estimate of drug-likeness (QED) is 0.753. The van der Waals surface area contributed by atoms with Crippen LogP contribution in [0.1, 0.15) is 13.8 Å². The number of nitrogens with two attached hydrogens (primary N) is 1. The summed E-state index contributed by atoms with van der Waals surface area (Å²) in [5.41, 5.74) is 6.27. The molecule has 1 aromatic rings. The maximum absolute atomic E-state index is 5.67. The molecular weight excluding hydrogens is 184 g/mol. The highest BCUT2D eigenvalue weighted by atomic mass is 32.2. The maximum atomic E-state index is 5.67. The van der Waals surface area contributed by atoms with E-state index in [9.17, 15) is 0 Å². The lowest BCUT2D eigenvalue weighted by atomic mass is 10.4. The first-order valence-corrected chi connectivity index (χ1v) is 5.28. The normalized spacial score (nSPS) is 10.0. The van der Waals surface area contributed by atoms with Crippen LogP contribution in [0.4, 0.5) is 5.69 Å². The van der Waals surface area contributed by atoms with Gasteiger partial charge in [0, 0.05) is 0 Å². The van der Waals surface area contributed by atoms with Crippen molar-refractivity contribution in [2.24, 2.45) is 0 Å². The van der Waals surface area contributed by atoms with Gasteiger partial charge >= 0.3 is 0 Å². The van der Waals surface area contributed by atoms with E-state index >= 15 is 0 Å². The molecule has 0 saturated heterocycles. The fourth-order valence-electron chi connectivity index (χ4n) is 0.915. The SMILES string of the molecule is CCOc1nc(SCC)ccc1N. The smallest absolute Gasteiger partial charge is 0.238 e. The van der Waals surface area contributed by atoms with Crippen molar-refractivity contribution in [3.63, 3.8) is 0 Å². The molecule has 0 saturated carbocycles. The monoisotopic (exact) mass is 198 g/mol. The number of rotatable bonds is 4. The van der Waals surface area contributed by atoms with Gasteiger partial charge in [-0.3, -0.25) is 0 Å². The molecule has 0 atom stereocenters. The fraction of sp³-hybridized carbons (Fsp3) is 0.444. The number of pyridine rings is 1. The predicted octanol–water partition coefficient (Wildman–Crippen LogP) is 2.17. The van der Waals surface area contributed by atoms with E-state index in [1.807, 2.05) is 19.1 Å². The molecule has 1 heterocycles. The molecule has 0 aliphatic carbocycles. The van der Waals surface area contributed by atoms with Crippen LogP contribution in [-0.2, 0) is 0 Å². The predicted molar refractivity (Wildman–Crippen MR) is 56.2 cm³/mol. The summed E-state index contributed by atoms with van der Waals surface area (Å²) in [5.74, 6) is 1.55. The van der Waals surface area contributed by atoms with Gasteiger partial charge in [-0.25, -0.2) is 4.98 Å². The number of anilines is 1. The Morgan fingerprint density at radius 2 is 2.23 bits per heavy atom. The second kappa shape index (κ2) is 4.97. The van der Waals surface area contributed by atoms with Crippen molar-refractivity contribution in [1.29, 1.82) is 0 Å². The van der Waals surface area contributed by atoms with E-state index in [2.05, 4.69) is 11.9 Å². The zero-order valence-electron chi connectivity index (χ0n) is 7.91.